The lowest BCUT2D eigenvalue weighted by atomic mass is 10.0. The molecule has 5 atom stereocenters. The molecule has 112 heavy (non-hydrogen) atoms. The van der Waals surface area contributed by atoms with E-state index in [2.05, 4.69) is 34.5 Å². The quantitative estimate of drug-likeness (QED) is 0.0131. The summed E-state index contributed by atoms with van der Waals surface area (Å²) in [5.74, 6) is 3.30. The van der Waals surface area contributed by atoms with Gasteiger partial charge in [-0.25, -0.2) is 4.79 Å². The van der Waals surface area contributed by atoms with E-state index in [0.29, 0.717) is 83.1 Å². The zero-order chi connectivity index (χ0) is 80.7. The molecule has 16 nitrogen and oxygen atoms in total. The summed E-state index contributed by atoms with van der Waals surface area (Å²) in [5, 5.41) is 67.0. The Hall–Kier alpha value is -9.07. The molecule has 0 bridgehead atoms. The normalized spacial score (nSPS) is 11.9. The van der Waals surface area contributed by atoms with Gasteiger partial charge in [-0.2, -0.15) is 58.8 Å². The van der Waals surface area contributed by atoms with Gasteiger partial charge in [-0.15, -0.1) is 0 Å². The number of benzene rings is 10. The van der Waals surface area contributed by atoms with Crippen LogP contribution < -0.4 is 10.2 Å². The van der Waals surface area contributed by atoms with Gasteiger partial charge in [0.15, 0.2) is 28.9 Å². The minimum atomic E-state index is -0.388. The Bertz CT molecular complexity index is 4200. The lowest BCUT2D eigenvalue weighted by molar-refractivity contribution is 0.0599. The summed E-state index contributed by atoms with van der Waals surface area (Å²) in [5.41, 5.74) is 12.3. The number of hydrogen-bond donors (Lipinski definition) is 8. The third-order valence-electron chi connectivity index (χ3n) is 17.2. The number of Topliss-reactive ketones (excluding diaryl/α,β-unsaturated/α-hetero) is 5. The molecule has 5 unspecified atom stereocenters. The largest absolute Gasteiger partial charge is 0.508 e. The number of methoxy groups -OCH3 is 1. The average Bonchev–Trinajstić information content (AvgIpc) is 0.875. The van der Waals surface area contributed by atoms with Crippen LogP contribution in [-0.2, 0) is 11.3 Å². The van der Waals surface area contributed by atoms with E-state index in [1.165, 1.54) is 18.9 Å². The minimum absolute atomic E-state index is 0.00704. The third kappa shape index (κ3) is 32.9. The number of phenolic OH excluding ortho intramolecular Hbond substituents is 1. The highest BCUT2D eigenvalue weighted by atomic mass is 32.2. The standard InChI is InChI=1S/C19H23NO2S.C19H20O4S.C18H21NO2S.C18H20O3S.C17H18O3S/c1-20(2)17-10-8-16(9-11-17)19(23-13-12-21)14-18(22)15-6-4-3-5-7-15;1-23-19(22)16-9-7-15(8-10-16)18(24-12-11-20)13-17(21)14-5-3-2-4-6-14;1-19-16-9-7-15(8-10-16)18(22-12-11-20)13-17(21)14-5-3-2-4-6-14;19-10-11-22-18(16-8-6-14(13-20)7-9-16)12-17(21)15-4-2-1-3-5-15;18-10-11-21-17(14-6-8-15(19)9-7-14)12-16(20)13-4-2-1-3-5-13/h3-11,19,21H,12-14H2,1-2H3;2-10,18,20H,11-13H2,1H3;2-10,18-20H,11-13H2,1H3;1-9,18-20H,10-13H2;1-9,17-19H,10-12H2. The van der Waals surface area contributed by atoms with Gasteiger partial charge in [0.05, 0.1) is 52.3 Å². The maximum atomic E-state index is 12.5. The second-order valence-corrected chi connectivity index (χ2v) is 31.9. The van der Waals surface area contributed by atoms with Crippen LogP contribution in [0, 0.1) is 0 Å². The fraction of sp³-hybridized carbons (Fsp3) is 0.275. The first-order valence-electron chi connectivity index (χ1n) is 36.7. The first-order valence-corrected chi connectivity index (χ1v) is 42.0. The molecule has 0 saturated heterocycles. The Morgan fingerprint density at radius 1 is 0.330 bits per heavy atom. The van der Waals surface area contributed by atoms with Gasteiger partial charge in [0.2, 0.25) is 0 Å². The van der Waals surface area contributed by atoms with Crippen molar-refractivity contribution in [2.24, 2.45) is 0 Å². The number of esters is 1. The van der Waals surface area contributed by atoms with Gasteiger partial charge >= 0.3 is 5.97 Å². The highest BCUT2D eigenvalue weighted by Crippen LogP contribution is 2.39. The molecular weight excluding hydrogens is 1510 g/mol. The van der Waals surface area contributed by atoms with Crippen molar-refractivity contribution in [2.45, 2.75) is 65.0 Å². The van der Waals surface area contributed by atoms with Crippen LogP contribution in [-0.4, -0.2) is 161 Å². The fourth-order valence-electron chi connectivity index (χ4n) is 11.2. The molecule has 10 aromatic carbocycles. The number of carbonyl (C=O) groups is 6. The van der Waals surface area contributed by atoms with Crippen molar-refractivity contribution < 1.29 is 69.2 Å². The number of nitrogens with zero attached hydrogens (tertiary/aromatic N) is 1. The van der Waals surface area contributed by atoms with Crippen LogP contribution in [0.4, 0.5) is 11.4 Å². The Labute approximate surface area is 680 Å². The summed E-state index contributed by atoms with van der Waals surface area (Å²) in [6, 6.07) is 84.3. The van der Waals surface area contributed by atoms with Gasteiger partial charge in [0.1, 0.15) is 5.75 Å². The number of rotatable bonds is 39. The van der Waals surface area contributed by atoms with Gasteiger partial charge in [0.25, 0.3) is 0 Å². The zero-order valence-corrected chi connectivity index (χ0v) is 67.7. The second kappa shape index (κ2) is 53.0. The molecule has 0 amide bonds. The van der Waals surface area contributed by atoms with E-state index in [9.17, 15) is 33.9 Å². The number of ketones is 5. The fourth-order valence-corrected chi connectivity index (χ4v) is 16.3. The summed E-state index contributed by atoms with van der Waals surface area (Å²) < 4.78 is 4.69. The number of carbonyl (C=O) groups excluding carboxylic acids is 6. The summed E-state index contributed by atoms with van der Waals surface area (Å²) >= 11 is 7.91. The molecule has 10 aromatic rings. The smallest absolute Gasteiger partial charge is 0.337 e. The van der Waals surface area contributed by atoms with Crippen LogP contribution in [0.5, 0.6) is 5.75 Å². The van der Waals surface area contributed by atoms with E-state index in [-0.39, 0.29) is 107 Å². The highest BCUT2D eigenvalue weighted by molar-refractivity contribution is 8.00. The monoisotopic (exact) mass is 1610 g/mol. The number of aliphatic hydroxyl groups excluding tert-OH is 6. The van der Waals surface area contributed by atoms with E-state index in [0.717, 1.165) is 55.9 Å². The van der Waals surface area contributed by atoms with Crippen molar-refractivity contribution in [3.63, 3.8) is 0 Å². The molecule has 0 aliphatic heterocycles. The molecule has 0 aliphatic rings. The molecule has 0 spiro atoms. The number of aliphatic hydroxyl groups is 6. The van der Waals surface area contributed by atoms with Crippen molar-refractivity contribution in [2.75, 3.05) is 100 Å². The van der Waals surface area contributed by atoms with Gasteiger partial charge in [-0.3, -0.25) is 24.0 Å². The molecule has 8 N–H and O–H groups in total. The molecule has 0 heterocycles. The lowest BCUT2D eigenvalue weighted by Gasteiger charge is -2.18. The Morgan fingerprint density at radius 3 is 0.804 bits per heavy atom. The maximum absolute atomic E-state index is 12.5. The summed E-state index contributed by atoms with van der Waals surface area (Å²) in [6.07, 6.45) is 1.99. The summed E-state index contributed by atoms with van der Waals surface area (Å²) in [6.45, 7) is 0.485. The Kier molecular flexibility index (Phi) is 43.5. The number of thioether (sulfide) groups is 5. The van der Waals surface area contributed by atoms with E-state index in [4.69, 9.17) is 35.4 Å². The van der Waals surface area contributed by atoms with Crippen LogP contribution in [0.1, 0.15) is 154 Å². The van der Waals surface area contributed by atoms with Crippen LogP contribution >= 0.6 is 58.8 Å². The van der Waals surface area contributed by atoms with Gasteiger partial charge in [-0.05, 0) is 81.9 Å². The molecule has 21 heteroatoms. The van der Waals surface area contributed by atoms with Gasteiger partial charge < -0.3 is 50.7 Å². The molecule has 0 fully saturated rings. The summed E-state index contributed by atoms with van der Waals surface area (Å²) in [4.78, 5) is 75.7. The number of ether oxygens (including phenoxy) is 1. The first kappa shape index (κ1) is 91.8. The molecule has 0 aromatic heterocycles. The van der Waals surface area contributed by atoms with Crippen LogP contribution in [0.15, 0.2) is 273 Å². The van der Waals surface area contributed by atoms with E-state index >= 15 is 0 Å². The summed E-state index contributed by atoms with van der Waals surface area (Å²) in [7, 11) is 7.23. The van der Waals surface area contributed by atoms with Gasteiger partial charge in [0, 0.05) is 147 Å². The predicted molar refractivity (Wildman–Crippen MR) is 463 cm³/mol. The Morgan fingerprint density at radius 2 is 0.571 bits per heavy atom. The minimum Gasteiger partial charge on any atom is -0.508 e. The molecule has 590 valence electrons. The topological polar surface area (TPSA) is 269 Å². The van der Waals surface area contributed by atoms with Crippen molar-refractivity contribution >= 4 is 105 Å². The second-order valence-electron chi connectivity index (χ2n) is 25.3. The van der Waals surface area contributed by atoms with E-state index < -0.39 is 0 Å². The van der Waals surface area contributed by atoms with Crippen molar-refractivity contribution in [3.05, 3.63) is 340 Å². The van der Waals surface area contributed by atoms with E-state index in [1.54, 1.807) is 83.4 Å². The number of anilines is 2. The predicted octanol–water partition coefficient (Wildman–Crippen LogP) is 17.7. The molecule has 0 radical (unpaired) electrons. The molecule has 0 saturated carbocycles. The number of phenols is 1. The van der Waals surface area contributed by atoms with Crippen molar-refractivity contribution in [3.8, 4) is 5.75 Å². The van der Waals surface area contributed by atoms with Crippen LogP contribution in [0.2, 0.25) is 0 Å². The average molecular weight is 1610 g/mol. The van der Waals surface area contributed by atoms with Crippen LogP contribution in [0.3, 0.4) is 0 Å². The van der Waals surface area contributed by atoms with Crippen molar-refractivity contribution in [1.82, 2.24) is 0 Å². The number of hydrogen-bond acceptors (Lipinski definition) is 21. The number of nitrogens with one attached hydrogen (secondary N) is 1. The Balaban J connectivity index is 0.000000218. The lowest BCUT2D eigenvalue weighted by Crippen LogP contribution is -2.09. The molecule has 10 rings (SSSR count). The SMILES string of the molecule is CN(C)c1ccc(C(CC(=O)c2ccccc2)SCCO)cc1.CNc1ccc(C(CC(=O)c2ccccc2)SCCO)cc1.COC(=O)c1ccc(C(CC(=O)c2ccccc2)SCCO)cc1.O=C(CC(SCCO)c1ccc(CO)cc1)c1ccccc1.O=C(CC(SCCO)c1ccc(O)cc1)c1ccccc1. The van der Waals surface area contributed by atoms with Crippen molar-refractivity contribution in [1.29, 1.82) is 0 Å². The zero-order valence-electron chi connectivity index (χ0n) is 63.7. The third-order valence-corrected chi connectivity index (χ3v) is 23.5. The molecular formula is C91H102N2O14S5. The van der Waals surface area contributed by atoms with Gasteiger partial charge in [-0.1, -0.05) is 224 Å². The first-order chi connectivity index (χ1) is 54.4. The van der Waals surface area contributed by atoms with E-state index in [1.807, 2.05) is 233 Å². The number of aromatic hydroxyl groups is 1. The maximum Gasteiger partial charge on any atom is 0.337 e. The molecule has 0 aliphatic carbocycles. The highest BCUT2D eigenvalue weighted by Gasteiger charge is 2.23. The van der Waals surface area contributed by atoms with Crippen LogP contribution in [0.25, 0.3) is 0 Å².